The molecular weight excluding hydrogens is 300 g/mol. The Balaban J connectivity index is 2.91. The number of amides is 2. The molecule has 2 amide bonds. The van der Waals surface area contributed by atoms with Crippen LogP contribution >= 0.6 is 0 Å². The van der Waals surface area contributed by atoms with Gasteiger partial charge in [0, 0.05) is 0 Å². The molecule has 0 N–H and O–H groups in total. The number of ketones is 1. The standard InChI is InChI=1S/C16H24N2O5/c1-9-10(2)16(6)14(3,4)11(19)15(9,5)17(12(20)22-7)18(16)13(21)23-8/h1-8H3/t15-,16+/m1/s1. The Kier molecular flexibility index (Phi) is 3.55. The fourth-order valence-corrected chi connectivity index (χ4v) is 3.98. The maximum atomic E-state index is 13.2. The number of hydrazine groups is 1. The number of carbonyl (C=O) groups is 3. The number of Topliss-reactive ketones (excluding diaryl/α,β-unsaturated/α-hetero) is 1. The molecule has 0 saturated carbocycles. The topological polar surface area (TPSA) is 76.2 Å². The number of hydrogen-bond donors (Lipinski definition) is 0. The molecule has 2 heterocycles. The van der Waals surface area contributed by atoms with Crippen molar-refractivity contribution in [1.82, 2.24) is 10.0 Å². The number of carbonyl (C=O) groups excluding carboxylic acids is 3. The van der Waals surface area contributed by atoms with E-state index >= 15 is 0 Å². The van der Waals surface area contributed by atoms with Crippen molar-refractivity contribution in [3.05, 3.63) is 11.1 Å². The SMILES string of the molecule is COC(=O)N1N(C(=O)OC)[C@@]2(C)C(C)=C(C)[C@]1(C)C(=O)C2(C)C. The van der Waals surface area contributed by atoms with Crippen LogP contribution in [0.5, 0.6) is 0 Å². The van der Waals surface area contributed by atoms with Gasteiger partial charge in [-0.05, 0) is 38.8 Å². The van der Waals surface area contributed by atoms with Crippen LogP contribution in [-0.4, -0.2) is 53.3 Å². The molecule has 128 valence electrons. The van der Waals surface area contributed by atoms with Gasteiger partial charge in [-0.25, -0.2) is 14.6 Å². The Hall–Kier alpha value is -2.05. The molecule has 0 aromatic heterocycles. The van der Waals surface area contributed by atoms with Crippen molar-refractivity contribution in [2.45, 2.75) is 52.6 Å². The zero-order valence-electron chi connectivity index (χ0n) is 14.9. The maximum Gasteiger partial charge on any atom is 0.429 e. The summed E-state index contributed by atoms with van der Waals surface area (Å²) in [5, 5.41) is 2.32. The molecule has 1 fully saturated rings. The fourth-order valence-electron chi connectivity index (χ4n) is 3.98. The smallest absolute Gasteiger partial charge is 0.429 e. The molecule has 1 aliphatic carbocycles. The summed E-state index contributed by atoms with van der Waals surface area (Å²) in [7, 11) is 2.46. The molecule has 0 radical (unpaired) electrons. The van der Waals surface area contributed by atoms with Crippen molar-refractivity contribution in [3.8, 4) is 0 Å². The van der Waals surface area contributed by atoms with Crippen LogP contribution in [0.25, 0.3) is 0 Å². The van der Waals surface area contributed by atoms with Gasteiger partial charge in [0.15, 0.2) is 5.78 Å². The van der Waals surface area contributed by atoms with E-state index in [0.717, 1.165) is 16.2 Å². The second kappa shape index (κ2) is 4.72. The van der Waals surface area contributed by atoms with Gasteiger partial charge in [0.1, 0.15) is 5.54 Å². The summed E-state index contributed by atoms with van der Waals surface area (Å²) >= 11 is 0. The first-order valence-electron chi connectivity index (χ1n) is 7.43. The predicted octanol–water partition coefficient (Wildman–Crippen LogP) is 2.51. The van der Waals surface area contributed by atoms with Gasteiger partial charge in [0.05, 0.1) is 25.2 Å². The van der Waals surface area contributed by atoms with Crippen molar-refractivity contribution < 1.29 is 23.9 Å². The second-order valence-electron chi connectivity index (χ2n) is 6.91. The molecule has 2 bridgehead atoms. The molecule has 2 aliphatic heterocycles. The average Bonchev–Trinajstić information content (AvgIpc) is 2.52. The summed E-state index contributed by atoms with van der Waals surface area (Å²) < 4.78 is 9.73. The highest BCUT2D eigenvalue weighted by Gasteiger charge is 2.72. The van der Waals surface area contributed by atoms with Crippen molar-refractivity contribution in [1.29, 1.82) is 0 Å². The lowest BCUT2D eigenvalue weighted by atomic mass is 9.53. The van der Waals surface area contributed by atoms with Gasteiger partial charge in [0.2, 0.25) is 0 Å². The van der Waals surface area contributed by atoms with Gasteiger partial charge in [-0.1, -0.05) is 13.8 Å². The summed E-state index contributed by atoms with van der Waals surface area (Å²) in [6, 6.07) is 0. The van der Waals surface area contributed by atoms with Crippen LogP contribution in [0.1, 0.15) is 41.5 Å². The highest BCUT2D eigenvalue weighted by atomic mass is 16.6. The normalized spacial score (nSPS) is 32.3. The number of rotatable bonds is 0. The zero-order chi connectivity index (χ0) is 18.0. The molecule has 3 rings (SSSR count). The number of hydrogen-bond acceptors (Lipinski definition) is 5. The third-order valence-corrected chi connectivity index (χ3v) is 5.99. The van der Waals surface area contributed by atoms with Gasteiger partial charge in [-0.2, -0.15) is 5.01 Å². The Labute approximate surface area is 136 Å². The molecule has 7 heteroatoms. The van der Waals surface area contributed by atoms with E-state index in [1.807, 2.05) is 13.8 Å². The van der Waals surface area contributed by atoms with Crippen molar-refractivity contribution in [2.24, 2.45) is 5.41 Å². The maximum absolute atomic E-state index is 13.2. The van der Waals surface area contributed by atoms with Crippen molar-refractivity contribution >= 4 is 18.0 Å². The molecule has 0 aromatic carbocycles. The lowest BCUT2D eigenvalue weighted by Gasteiger charge is -2.67. The average molecular weight is 324 g/mol. The van der Waals surface area contributed by atoms with E-state index in [2.05, 4.69) is 0 Å². The number of methoxy groups -OCH3 is 2. The van der Waals surface area contributed by atoms with Crippen LogP contribution in [0.3, 0.4) is 0 Å². The number of ether oxygens (including phenoxy) is 2. The van der Waals surface area contributed by atoms with Gasteiger partial charge >= 0.3 is 12.2 Å². The first kappa shape index (κ1) is 17.3. The highest BCUT2D eigenvalue weighted by molar-refractivity contribution is 6.04. The first-order chi connectivity index (χ1) is 10.4. The Morgan fingerprint density at radius 1 is 0.870 bits per heavy atom. The van der Waals surface area contributed by atoms with Crippen LogP contribution in [0.15, 0.2) is 11.1 Å². The second-order valence-corrected chi connectivity index (χ2v) is 6.91. The Morgan fingerprint density at radius 2 is 1.30 bits per heavy atom. The number of fused-ring (bicyclic) bond motifs is 2. The van der Waals surface area contributed by atoms with Gasteiger partial charge in [-0.3, -0.25) is 4.79 Å². The van der Waals surface area contributed by atoms with Crippen molar-refractivity contribution in [2.75, 3.05) is 14.2 Å². The predicted molar refractivity (Wildman–Crippen MR) is 82.5 cm³/mol. The molecule has 7 nitrogen and oxygen atoms in total. The van der Waals surface area contributed by atoms with E-state index in [9.17, 15) is 14.4 Å². The van der Waals surface area contributed by atoms with Crippen LogP contribution in [0, 0.1) is 5.41 Å². The minimum absolute atomic E-state index is 0.138. The van der Waals surface area contributed by atoms with Gasteiger partial charge in [0.25, 0.3) is 0 Å². The molecular formula is C16H24N2O5. The van der Waals surface area contributed by atoms with Crippen LogP contribution < -0.4 is 0 Å². The quantitative estimate of drug-likeness (QED) is 0.640. The molecule has 23 heavy (non-hydrogen) atoms. The minimum Gasteiger partial charge on any atom is -0.451 e. The van der Waals surface area contributed by atoms with Gasteiger partial charge < -0.3 is 9.47 Å². The van der Waals surface area contributed by atoms with E-state index in [-0.39, 0.29) is 5.78 Å². The first-order valence-corrected chi connectivity index (χ1v) is 7.43. The zero-order valence-corrected chi connectivity index (χ0v) is 14.9. The Bertz CT molecular complexity index is 638. The Morgan fingerprint density at radius 3 is 1.74 bits per heavy atom. The third kappa shape index (κ3) is 1.62. The van der Waals surface area contributed by atoms with E-state index < -0.39 is 28.7 Å². The molecule has 0 aromatic rings. The molecule has 3 aliphatic rings. The third-order valence-electron chi connectivity index (χ3n) is 5.99. The van der Waals surface area contributed by atoms with E-state index in [0.29, 0.717) is 0 Å². The van der Waals surface area contributed by atoms with Crippen LogP contribution in [0.2, 0.25) is 0 Å². The van der Waals surface area contributed by atoms with E-state index in [1.54, 1.807) is 27.7 Å². The van der Waals surface area contributed by atoms with E-state index in [4.69, 9.17) is 9.47 Å². The lowest BCUT2D eigenvalue weighted by molar-refractivity contribution is -0.197. The molecule has 0 unspecified atom stereocenters. The summed E-state index contributed by atoms with van der Waals surface area (Å²) in [6.07, 6.45) is -1.49. The summed E-state index contributed by atoms with van der Waals surface area (Å²) in [6.45, 7) is 10.7. The summed E-state index contributed by atoms with van der Waals surface area (Å²) in [4.78, 5) is 38.1. The largest absolute Gasteiger partial charge is 0.451 e. The van der Waals surface area contributed by atoms with Crippen LogP contribution in [0.4, 0.5) is 9.59 Å². The molecule has 2 atom stereocenters. The summed E-state index contributed by atoms with van der Waals surface area (Å²) in [5.41, 5.74) is -1.62. The highest BCUT2D eigenvalue weighted by Crippen LogP contribution is 2.58. The summed E-state index contributed by atoms with van der Waals surface area (Å²) in [5.74, 6) is -0.138. The monoisotopic (exact) mass is 324 g/mol. The van der Waals surface area contributed by atoms with Crippen molar-refractivity contribution in [3.63, 3.8) is 0 Å². The minimum atomic E-state index is -1.30. The molecule has 0 spiro atoms. The molecule has 1 saturated heterocycles. The van der Waals surface area contributed by atoms with Crippen LogP contribution in [-0.2, 0) is 14.3 Å². The lowest BCUT2D eigenvalue weighted by Crippen LogP contribution is -2.83. The van der Waals surface area contributed by atoms with E-state index in [1.165, 1.54) is 19.2 Å². The fraction of sp³-hybridized carbons (Fsp3) is 0.688. The number of nitrogens with zero attached hydrogens (tertiary/aromatic N) is 2. The van der Waals surface area contributed by atoms with Gasteiger partial charge in [-0.15, -0.1) is 0 Å².